The van der Waals surface area contributed by atoms with Crippen molar-refractivity contribution in [3.8, 4) is 17.2 Å². The molecule has 0 radical (unpaired) electrons. The number of carbonyl (C=O) groups excluding carboxylic acids is 2. The lowest BCUT2D eigenvalue weighted by molar-refractivity contribution is -0.123. The van der Waals surface area contributed by atoms with Crippen LogP contribution in [0.4, 0.5) is 5.69 Å². The monoisotopic (exact) mass is 629 g/mol. The molecule has 0 unspecified atom stereocenters. The van der Waals surface area contributed by atoms with Crippen molar-refractivity contribution >= 4 is 63.2 Å². The molecule has 2 N–H and O–H groups in total. The molecular weight excluding hydrogens is 602 g/mol. The first-order chi connectivity index (χ1) is 18.9. The average molecular weight is 631 g/mol. The second-order valence-electron chi connectivity index (χ2n) is 8.46. The van der Waals surface area contributed by atoms with Crippen LogP contribution < -0.4 is 25.0 Å². The van der Waals surface area contributed by atoms with Gasteiger partial charge in [0.05, 0.1) is 22.4 Å². The predicted octanol–water partition coefficient (Wildman–Crippen LogP) is 5.79. The molecule has 0 atom stereocenters. The van der Waals surface area contributed by atoms with E-state index < -0.39 is 0 Å². The van der Waals surface area contributed by atoms with Crippen LogP contribution in [0, 0.1) is 6.92 Å². The third-order valence-electron chi connectivity index (χ3n) is 5.48. The molecule has 8 nitrogen and oxygen atoms in total. The number of hydrazone groups is 1. The highest BCUT2D eigenvalue weighted by atomic mass is 79.9. The largest absolute Gasteiger partial charge is 0.493 e. The summed E-state index contributed by atoms with van der Waals surface area (Å²) in [5.74, 6) is 3.06. The molecule has 0 bridgehead atoms. The van der Waals surface area contributed by atoms with Gasteiger partial charge in [0.2, 0.25) is 0 Å². The van der Waals surface area contributed by atoms with Gasteiger partial charge in [-0.05, 0) is 70.4 Å². The minimum atomic E-state index is -0.386. The molecule has 39 heavy (non-hydrogen) atoms. The molecule has 1 aliphatic heterocycles. The van der Waals surface area contributed by atoms with Crippen molar-refractivity contribution in [2.24, 2.45) is 5.10 Å². The zero-order valence-corrected chi connectivity index (χ0v) is 24.7. The number of carbonyl (C=O) groups is 2. The summed E-state index contributed by atoms with van der Waals surface area (Å²) in [7, 11) is 1.50. The minimum absolute atomic E-state index is 0.159. The maximum atomic E-state index is 12.3. The van der Waals surface area contributed by atoms with Crippen LogP contribution in [0.1, 0.15) is 21.3 Å². The summed E-state index contributed by atoms with van der Waals surface area (Å²) >= 11 is 7.34. The average Bonchev–Trinajstić information content (AvgIpc) is 3.48. The van der Waals surface area contributed by atoms with E-state index in [2.05, 4.69) is 31.8 Å². The van der Waals surface area contributed by atoms with Crippen molar-refractivity contribution in [3.05, 3.63) is 81.8 Å². The van der Waals surface area contributed by atoms with E-state index in [0.717, 1.165) is 5.56 Å². The SMILES string of the molecule is COc1cc(/C=N\NC(=O)COc2ccc(C3SCCS3)cc2)cc(Br)c1OCC(=O)Nc1ccc(C)cc1. The number of hydrogen-bond acceptors (Lipinski definition) is 8. The highest BCUT2D eigenvalue weighted by Gasteiger charge is 2.18. The normalized spacial score (nSPS) is 13.3. The number of ether oxygens (including phenoxy) is 3. The van der Waals surface area contributed by atoms with E-state index in [4.69, 9.17) is 14.2 Å². The fourth-order valence-corrected chi connectivity index (χ4v) is 6.99. The van der Waals surface area contributed by atoms with Gasteiger partial charge in [0.1, 0.15) is 5.75 Å². The Bertz CT molecular complexity index is 1310. The molecular formula is C28H28BrN3O5S2. The first-order valence-electron chi connectivity index (χ1n) is 12.1. The van der Waals surface area contributed by atoms with Crippen LogP contribution in [-0.4, -0.2) is 49.9 Å². The van der Waals surface area contributed by atoms with Gasteiger partial charge in [-0.25, -0.2) is 5.43 Å². The summed E-state index contributed by atoms with van der Waals surface area (Å²) in [5, 5.41) is 6.79. The van der Waals surface area contributed by atoms with Crippen molar-refractivity contribution in [1.29, 1.82) is 0 Å². The Balaban J connectivity index is 1.25. The number of rotatable bonds is 11. The van der Waals surface area contributed by atoms with Gasteiger partial charge in [0.15, 0.2) is 24.7 Å². The zero-order valence-electron chi connectivity index (χ0n) is 21.4. The standard InChI is InChI=1S/C28H28BrN3O5S2/c1-18-3-7-21(8-4-18)31-25(33)16-37-27-23(29)13-19(14-24(27)35-2)15-30-32-26(34)17-36-22-9-5-20(6-10-22)28-38-11-12-39-28/h3-10,13-15,28H,11-12,16-17H2,1-2H3,(H,31,33)(H,32,34)/b30-15-. The van der Waals surface area contributed by atoms with Crippen LogP contribution in [-0.2, 0) is 9.59 Å². The van der Waals surface area contributed by atoms with Crippen LogP contribution in [0.2, 0.25) is 0 Å². The van der Waals surface area contributed by atoms with Crippen LogP contribution >= 0.6 is 39.5 Å². The van der Waals surface area contributed by atoms with Crippen molar-refractivity contribution < 1.29 is 23.8 Å². The molecule has 1 heterocycles. The van der Waals surface area contributed by atoms with Gasteiger partial charge in [-0.2, -0.15) is 5.10 Å². The lowest BCUT2D eigenvalue weighted by Gasteiger charge is -2.13. The predicted molar refractivity (Wildman–Crippen MR) is 161 cm³/mol. The molecule has 204 valence electrons. The van der Waals surface area contributed by atoms with E-state index >= 15 is 0 Å². The van der Waals surface area contributed by atoms with Gasteiger partial charge in [0, 0.05) is 17.2 Å². The van der Waals surface area contributed by atoms with E-state index in [-0.39, 0.29) is 25.0 Å². The fourth-order valence-electron chi connectivity index (χ4n) is 3.56. The number of aryl methyl sites for hydroxylation is 1. The Hall–Kier alpha value is -3.15. The number of benzene rings is 3. The number of halogens is 1. The Labute approximate surface area is 244 Å². The first-order valence-corrected chi connectivity index (χ1v) is 14.9. The summed E-state index contributed by atoms with van der Waals surface area (Å²) in [4.78, 5) is 24.5. The van der Waals surface area contributed by atoms with Crippen LogP contribution in [0.25, 0.3) is 0 Å². The quantitative estimate of drug-likeness (QED) is 0.205. The van der Waals surface area contributed by atoms with Crippen molar-refractivity contribution in [2.75, 3.05) is 37.1 Å². The van der Waals surface area contributed by atoms with Crippen molar-refractivity contribution in [3.63, 3.8) is 0 Å². The van der Waals surface area contributed by atoms with Gasteiger partial charge < -0.3 is 19.5 Å². The summed E-state index contributed by atoms with van der Waals surface area (Å²) < 4.78 is 17.7. The van der Waals surface area contributed by atoms with Gasteiger partial charge in [-0.3, -0.25) is 9.59 Å². The summed E-state index contributed by atoms with van der Waals surface area (Å²) in [6.07, 6.45) is 1.48. The Kier molecular flexibility index (Phi) is 10.6. The molecule has 11 heteroatoms. The smallest absolute Gasteiger partial charge is 0.277 e. The van der Waals surface area contributed by atoms with Crippen LogP contribution in [0.5, 0.6) is 17.2 Å². The van der Waals surface area contributed by atoms with E-state index in [9.17, 15) is 9.59 Å². The number of amides is 2. The second-order valence-corrected chi connectivity index (χ2v) is 12.0. The molecule has 2 amide bonds. The van der Waals surface area contributed by atoms with Crippen molar-refractivity contribution in [2.45, 2.75) is 11.5 Å². The number of anilines is 1. The van der Waals surface area contributed by atoms with Crippen LogP contribution in [0.3, 0.4) is 0 Å². The number of nitrogens with one attached hydrogen (secondary N) is 2. The van der Waals surface area contributed by atoms with Gasteiger partial charge >= 0.3 is 0 Å². The topological polar surface area (TPSA) is 98.2 Å². The summed E-state index contributed by atoms with van der Waals surface area (Å²) in [6, 6.07) is 18.8. The molecule has 1 saturated heterocycles. The number of hydrogen-bond donors (Lipinski definition) is 2. The maximum Gasteiger partial charge on any atom is 0.277 e. The van der Waals surface area contributed by atoms with E-state index in [0.29, 0.717) is 37.6 Å². The number of thioether (sulfide) groups is 2. The summed E-state index contributed by atoms with van der Waals surface area (Å²) in [6.45, 7) is 1.62. The summed E-state index contributed by atoms with van der Waals surface area (Å²) in [5.41, 5.74) is 6.15. The minimum Gasteiger partial charge on any atom is -0.493 e. The Morgan fingerprint density at radius 3 is 2.38 bits per heavy atom. The molecule has 4 rings (SSSR count). The lowest BCUT2D eigenvalue weighted by Crippen LogP contribution is -2.24. The Morgan fingerprint density at radius 1 is 1.00 bits per heavy atom. The molecule has 0 aliphatic carbocycles. The molecule has 0 saturated carbocycles. The van der Waals surface area contributed by atoms with E-state index in [1.54, 1.807) is 12.1 Å². The number of methoxy groups -OCH3 is 1. The fraction of sp³-hybridized carbons (Fsp3) is 0.250. The Morgan fingerprint density at radius 2 is 1.69 bits per heavy atom. The van der Waals surface area contributed by atoms with E-state index in [1.807, 2.05) is 79.0 Å². The zero-order chi connectivity index (χ0) is 27.6. The number of nitrogens with zero attached hydrogens (tertiary/aromatic N) is 1. The second kappa shape index (κ2) is 14.3. The molecule has 3 aromatic rings. The molecule has 1 fully saturated rings. The molecule has 3 aromatic carbocycles. The van der Waals surface area contributed by atoms with Gasteiger partial charge in [-0.15, -0.1) is 23.5 Å². The lowest BCUT2D eigenvalue weighted by atomic mass is 10.2. The maximum absolute atomic E-state index is 12.3. The molecule has 0 aromatic heterocycles. The van der Waals surface area contributed by atoms with E-state index in [1.165, 1.54) is 30.4 Å². The van der Waals surface area contributed by atoms with Crippen molar-refractivity contribution in [1.82, 2.24) is 5.43 Å². The molecule has 1 aliphatic rings. The highest BCUT2D eigenvalue weighted by Crippen LogP contribution is 2.45. The molecule has 0 spiro atoms. The highest BCUT2D eigenvalue weighted by molar-refractivity contribution is 9.10. The third-order valence-corrected chi connectivity index (χ3v) is 9.17. The van der Waals surface area contributed by atoms with Gasteiger partial charge in [-0.1, -0.05) is 29.8 Å². The van der Waals surface area contributed by atoms with Crippen LogP contribution in [0.15, 0.2) is 70.2 Å². The first kappa shape index (κ1) is 28.8. The van der Waals surface area contributed by atoms with Gasteiger partial charge in [0.25, 0.3) is 11.8 Å². The third kappa shape index (κ3) is 8.67.